The van der Waals surface area contributed by atoms with Gasteiger partial charge in [-0.15, -0.1) is 0 Å². The molecule has 7 heteroatoms. The van der Waals surface area contributed by atoms with Crippen LogP contribution in [0, 0.1) is 5.82 Å². The Balaban J connectivity index is 2.25. The van der Waals surface area contributed by atoms with Crippen LogP contribution in [0.25, 0.3) is 0 Å². The van der Waals surface area contributed by atoms with Gasteiger partial charge in [0, 0.05) is 18.8 Å². The fourth-order valence-corrected chi connectivity index (χ4v) is 1.85. The minimum atomic E-state index is -4.19. The molecule has 0 aromatic heterocycles. The van der Waals surface area contributed by atoms with Crippen molar-refractivity contribution in [2.45, 2.75) is 12.1 Å². The maximum absolute atomic E-state index is 13.1. The van der Waals surface area contributed by atoms with E-state index in [4.69, 9.17) is 0 Å². The Hall–Kier alpha value is -0.270. The van der Waals surface area contributed by atoms with Crippen LogP contribution in [0.4, 0.5) is 17.6 Å². The van der Waals surface area contributed by atoms with E-state index < -0.39 is 5.51 Å². The van der Waals surface area contributed by atoms with Gasteiger partial charge in [-0.1, -0.05) is 6.07 Å². The van der Waals surface area contributed by atoms with Crippen LogP contribution in [0.1, 0.15) is 5.56 Å². The lowest BCUT2D eigenvalue weighted by Gasteiger charge is -2.07. The predicted molar refractivity (Wildman–Crippen MR) is 64.3 cm³/mol. The Morgan fingerprint density at radius 3 is 2.59 bits per heavy atom. The van der Waals surface area contributed by atoms with Gasteiger partial charge in [0.15, 0.2) is 0 Å². The third-order valence-corrected chi connectivity index (χ3v) is 3.24. The highest BCUT2D eigenvalue weighted by molar-refractivity contribution is 9.10. The van der Waals surface area contributed by atoms with E-state index >= 15 is 0 Å². The summed E-state index contributed by atoms with van der Waals surface area (Å²) >= 11 is 2.95. The van der Waals surface area contributed by atoms with Crippen molar-refractivity contribution in [3.63, 3.8) is 0 Å². The predicted octanol–water partition coefficient (Wildman–Crippen LogP) is 3.93. The molecule has 0 unspecified atom stereocenters. The number of nitrogens with one attached hydrogen (secondary N) is 1. The maximum Gasteiger partial charge on any atom is 0.441 e. The molecular formula is C10H10BrF4NS. The van der Waals surface area contributed by atoms with Gasteiger partial charge >= 0.3 is 5.51 Å². The molecule has 96 valence electrons. The van der Waals surface area contributed by atoms with Crippen molar-refractivity contribution in [1.29, 1.82) is 0 Å². The Morgan fingerprint density at radius 2 is 2.00 bits per heavy atom. The molecule has 0 radical (unpaired) electrons. The molecule has 0 bridgehead atoms. The van der Waals surface area contributed by atoms with E-state index in [1.54, 1.807) is 12.1 Å². The molecule has 0 aliphatic rings. The van der Waals surface area contributed by atoms with Gasteiger partial charge in [-0.25, -0.2) is 4.39 Å². The normalized spacial score (nSPS) is 11.8. The number of halogens is 5. The van der Waals surface area contributed by atoms with Crippen molar-refractivity contribution in [2.24, 2.45) is 0 Å². The average molecular weight is 332 g/mol. The summed E-state index contributed by atoms with van der Waals surface area (Å²) < 4.78 is 48.8. The third kappa shape index (κ3) is 6.28. The Bertz CT molecular complexity index is 370. The van der Waals surface area contributed by atoms with Crippen molar-refractivity contribution in [1.82, 2.24) is 5.32 Å². The molecule has 0 aliphatic heterocycles. The van der Waals surface area contributed by atoms with Gasteiger partial charge in [0.25, 0.3) is 0 Å². The van der Waals surface area contributed by atoms with Gasteiger partial charge in [-0.3, -0.25) is 0 Å². The first-order chi connectivity index (χ1) is 7.88. The summed E-state index contributed by atoms with van der Waals surface area (Å²) in [6.45, 7) is 0.574. The van der Waals surface area contributed by atoms with Crippen LogP contribution >= 0.6 is 27.7 Å². The zero-order valence-corrected chi connectivity index (χ0v) is 11.1. The maximum atomic E-state index is 13.1. The standard InChI is InChI=1S/C10H10BrF4NS/c11-8-2-1-7(5-9(8)12)6-16-3-4-17-10(13,14)15/h1-2,5,16H,3-4,6H2. The molecule has 1 N–H and O–H groups in total. The molecule has 0 saturated heterocycles. The summed E-state index contributed by atoms with van der Waals surface area (Å²) in [5, 5.41) is 2.82. The Kier molecular flexibility index (Phi) is 5.75. The largest absolute Gasteiger partial charge is 0.441 e. The van der Waals surface area contributed by atoms with Crippen LogP contribution in [0.15, 0.2) is 22.7 Å². The van der Waals surface area contributed by atoms with E-state index in [-0.39, 0.29) is 29.9 Å². The molecule has 1 rings (SSSR count). The summed E-state index contributed by atoms with van der Waals surface area (Å²) in [6.07, 6.45) is 0. The minimum absolute atomic E-state index is 0.0531. The fourth-order valence-electron chi connectivity index (χ4n) is 1.12. The second-order valence-corrected chi connectivity index (χ2v) is 5.23. The number of alkyl halides is 3. The lowest BCUT2D eigenvalue weighted by Crippen LogP contribution is -2.18. The van der Waals surface area contributed by atoms with Crippen molar-refractivity contribution in [3.05, 3.63) is 34.1 Å². The third-order valence-electron chi connectivity index (χ3n) is 1.86. The van der Waals surface area contributed by atoms with Crippen LogP contribution < -0.4 is 5.32 Å². The number of benzene rings is 1. The van der Waals surface area contributed by atoms with E-state index in [0.717, 1.165) is 0 Å². The zero-order valence-electron chi connectivity index (χ0n) is 8.65. The van der Waals surface area contributed by atoms with Crippen molar-refractivity contribution in [2.75, 3.05) is 12.3 Å². The molecule has 1 aromatic carbocycles. The van der Waals surface area contributed by atoms with E-state index in [2.05, 4.69) is 21.2 Å². The number of hydrogen-bond donors (Lipinski definition) is 1. The molecule has 0 saturated carbocycles. The van der Waals surface area contributed by atoms with Gasteiger partial charge in [-0.2, -0.15) is 13.2 Å². The number of thioether (sulfide) groups is 1. The molecule has 1 nitrogen and oxygen atoms in total. The molecule has 17 heavy (non-hydrogen) atoms. The van der Waals surface area contributed by atoms with E-state index in [1.165, 1.54) is 6.07 Å². The topological polar surface area (TPSA) is 12.0 Å². The summed E-state index contributed by atoms with van der Waals surface area (Å²) in [5.41, 5.74) is -3.49. The van der Waals surface area contributed by atoms with Gasteiger partial charge in [-0.05, 0) is 45.4 Å². The highest BCUT2D eigenvalue weighted by Gasteiger charge is 2.27. The zero-order chi connectivity index (χ0) is 12.9. The molecule has 0 fully saturated rings. The number of rotatable bonds is 5. The van der Waals surface area contributed by atoms with Crippen molar-refractivity contribution in [3.8, 4) is 0 Å². The first kappa shape index (κ1) is 14.8. The first-order valence-corrected chi connectivity index (χ1v) is 6.52. The van der Waals surface area contributed by atoms with Crippen LogP contribution in [0.3, 0.4) is 0 Å². The minimum Gasteiger partial charge on any atom is -0.312 e. The quantitative estimate of drug-likeness (QED) is 0.648. The van der Waals surface area contributed by atoms with Gasteiger partial charge < -0.3 is 5.32 Å². The summed E-state index contributed by atoms with van der Waals surface area (Å²) in [5.74, 6) is -0.434. The van der Waals surface area contributed by atoms with Crippen molar-refractivity contribution >= 4 is 27.7 Å². The average Bonchev–Trinajstić information content (AvgIpc) is 2.21. The Morgan fingerprint density at radius 1 is 1.29 bits per heavy atom. The SMILES string of the molecule is Fc1cc(CNCCSC(F)(F)F)ccc1Br. The van der Waals surface area contributed by atoms with E-state index in [0.29, 0.717) is 16.6 Å². The Labute approximate surface area is 109 Å². The highest BCUT2D eigenvalue weighted by atomic mass is 79.9. The molecular weight excluding hydrogens is 322 g/mol. The highest BCUT2D eigenvalue weighted by Crippen LogP contribution is 2.29. The van der Waals surface area contributed by atoms with Crippen LogP contribution in [0.2, 0.25) is 0 Å². The summed E-state index contributed by atoms with van der Waals surface area (Å²) in [4.78, 5) is 0. The van der Waals surface area contributed by atoms with Crippen LogP contribution in [-0.4, -0.2) is 17.8 Å². The van der Waals surface area contributed by atoms with Gasteiger partial charge in [0.2, 0.25) is 0 Å². The lowest BCUT2D eigenvalue weighted by atomic mass is 10.2. The second kappa shape index (κ2) is 6.61. The smallest absolute Gasteiger partial charge is 0.312 e. The van der Waals surface area contributed by atoms with E-state index in [1.807, 2.05) is 0 Å². The molecule has 0 aliphatic carbocycles. The first-order valence-electron chi connectivity index (χ1n) is 4.74. The monoisotopic (exact) mass is 331 g/mol. The fraction of sp³-hybridized carbons (Fsp3) is 0.400. The molecule has 0 spiro atoms. The van der Waals surface area contributed by atoms with E-state index in [9.17, 15) is 17.6 Å². The number of hydrogen-bond acceptors (Lipinski definition) is 2. The van der Waals surface area contributed by atoms with Crippen molar-refractivity contribution < 1.29 is 17.6 Å². The molecule has 0 atom stereocenters. The molecule has 1 aromatic rings. The van der Waals surface area contributed by atoms with Gasteiger partial charge in [0.05, 0.1) is 4.47 Å². The summed E-state index contributed by atoms with van der Waals surface area (Å²) in [6, 6.07) is 4.61. The van der Waals surface area contributed by atoms with Crippen LogP contribution in [-0.2, 0) is 6.54 Å². The van der Waals surface area contributed by atoms with Gasteiger partial charge in [0.1, 0.15) is 5.82 Å². The lowest BCUT2D eigenvalue weighted by molar-refractivity contribution is -0.0327. The summed E-state index contributed by atoms with van der Waals surface area (Å²) in [7, 11) is 0. The molecule has 0 heterocycles. The molecule has 0 amide bonds. The van der Waals surface area contributed by atoms with Crippen LogP contribution in [0.5, 0.6) is 0 Å². The second-order valence-electron chi connectivity index (χ2n) is 3.22.